The van der Waals surface area contributed by atoms with Crippen LogP contribution in [-0.2, 0) is 6.42 Å². The maximum atomic E-state index is 14.5. The van der Waals surface area contributed by atoms with Crippen LogP contribution in [0.3, 0.4) is 0 Å². The molecule has 7 heteroatoms. The summed E-state index contributed by atoms with van der Waals surface area (Å²) in [5.74, 6) is -0.163. The van der Waals surface area contributed by atoms with Gasteiger partial charge in [0.05, 0.1) is 13.4 Å². The van der Waals surface area contributed by atoms with Gasteiger partial charge in [0, 0.05) is 25.7 Å². The van der Waals surface area contributed by atoms with Crippen molar-refractivity contribution in [3.8, 4) is 5.75 Å². The summed E-state index contributed by atoms with van der Waals surface area (Å²) in [6, 6.07) is 14.6. The molecule has 2 aromatic carbocycles. The minimum absolute atomic E-state index is 0.181. The maximum Gasteiger partial charge on any atom is 0.289 e. The van der Waals surface area contributed by atoms with Crippen LogP contribution >= 0.6 is 0 Å². The highest BCUT2D eigenvalue weighted by Crippen LogP contribution is 2.28. The molecule has 1 amide bonds. The van der Waals surface area contributed by atoms with E-state index in [1.165, 1.54) is 18.4 Å². The molecule has 0 saturated carbocycles. The zero-order valence-corrected chi connectivity index (χ0v) is 20.7. The molecule has 0 unspecified atom stereocenters. The second-order valence-electron chi connectivity index (χ2n) is 9.21. The molecule has 2 heterocycles. The smallest absolute Gasteiger partial charge is 0.289 e. The lowest BCUT2D eigenvalue weighted by Gasteiger charge is -2.39. The van der Waals surface area contributed by atoms with Gasteiger partial charge >= 0.3 is 0 Å². The number of methoxy groups -OCH3 is 1. The third-order valence-corrected chi connectivity index (χ3v) is 6.96. The molecule has 0 radical (unpaired) electrons. The van der Waals surface area contributed by atoms with Gasteiger partial charge in [0.15, 0.2) is 5.76 Å². The van der Waals surface area contributed by atoms with E-state index in [1.54, 1.807) is 31.2 Å². The predicted octanol–water partition coefficient (Wildman–Crippen LogP) is 5.68. The Morgan fingerprint density at radius 1 is 1.17 bits per heavy atom. The lowest BCUT2D eigenvalue weighted by molar-refractivity contribution is 0.0567. The van der Waals surface area contributed by atoms with Crippen molar-refractivity contribution >= 4 is 12.0 Å². The van der Waals surface area contributed by atoms with Crippen LogP contribution in [0.2, 0.25) is 0 Å². The molecule has 1 aromatic heterocycles. The summed E-state index contributed by atoms with van der Waals surface area (Å²) in [4.78, 5) is 17.1. The van der Waals surface area contributed by atoms with E-state index in [0.29, 0.717) is 12.0 Å². The molecule has 0 aliphatic carbocycles. The molecule has 1 fully saturated rings. The number of carbonyl (C=O) groups excluding carboxylic acids is 1. The van der Waals surface area contributed by atoms with Crippen molar-refractivity contribution in [3.63, 3.8) is 0 Å². The third kappa shape index (κ3) is 6.40. The fourth-order valence-electron chi connectivity index (χ4n) is 4.83. The first kappa shape index (κ1) is 25.6. The fourth-order valence-corrected chi connectivity index (χ4v) is 4.83. The van der Waals surface area contributed by atoms with E-state index in [2.05, 4.69) is 17.1 Å². The zero-order valence-electron chi connectivity index (χ0n) is 20.7. The number of nitrogens with zero attached hydrogens (tertiary/aromatic N) is 2. The van der Waals surface area contributed by atoms with Gasteiger partial charge in [-0.15, -0.1) is 0 Å². The Kier molecular flexibility index (Phi) is 8.54. The summed E-state index contributed by atoms with van der Waals surface area (Å²) < 4.78 is 38.5. The Morgan fingerprint density at radius 3 is 2.56 bits per heavy atom. The van der Waals surface area contributed by atoms with Gasteiger partial charge in [-0.2, -0.15) is 0 Å². The number of hydrogen-bond donors (Lipinski definition) is 0. The number of ether oxygens (including phenoxy) is 1. The first-order valence-corrected chi connectivity index (χ1v) is 12.2. The topological polar surface area (TPSA) is 45.9 Å². The van der Waals surface area contributed by atoms with E-state index >= 15 is 0 Å². The summed E-state index contributed by atoms with van der Waals surface area (Å²) in [5.41, 5.74) is 1.52. The third-order valence-electron chi connectivity index (χ3n) is 6.96. The molecule has 0 N–H and O–H groups in total. The molecule has 5 nitrogen and oxygen atoms in total. The molecule has 3 aromatic rings. The van der Waals surface area contributed by atoms with E-state index in [0.717, 1.165) is 49.9 Å². The van der Waals surface area contributed by atoms with Crippen molar-refractivity contribution < 1.29 is 22.7 Å². The van der Waals surface area contributed by atoms with E-state index in [-0.39, 0.29) is 23.6 Å². The van der Waals surface area contributed by atoms with Crippen LogP contribution in [0, 0.1) is 17.6 Å². The Morgan fingerprint density at radius 2 is 1.92 bits per heavy atom. The number of benzene rings is 2. The van der Waals surface area contributed by atoms with Crippen LogP contribution in [0.4, 0.5) is 8.78 Å². The Balaban J connectivity index is 1.40. The lowest BCUT2D eigenvalue weighted by Crippen LogP contribution is -2.47. The number of likely N-dealkylation sites (N-methyl/N-ethyl adjacent to an activating group) is 1. The Hall–Kier alpha value is -3.45. The zero-order chi connectivity index (χ0) is 25.5. The van der Waals surface area contributed by atoms with Crippen molar-refractivity contribution in [2.45, 2.75) is 25.3 Å². The first-order valence-electron chi connectivity index (χ1n) is 12.2. The van der Waals surface area contributed by atoms with Crippen molar-refractivity contribution in [1.82, 2.24) is 9.80 Å². The minimum Gasteiger partial charge on any atom is -0.497 e. The highest BCUT2D eigenvalue weighted by molar-refractivity contribution is 5.91. The van der Waals surface area contributed by atoms with Gasteiger partial charge in [0.25, 0.3) is 5.91 Å². The number of hydrogen-bond acceptors (Lipinski definition) is 4. The van der Waals surface area contributed by atoms with Crippen LogP contribution in [0.25, 0.3) is 6.08 Å². The fraction of sp³-hybridized carbons (Fsp3) is 0.345. The molecule has 0 bridgehead atoms. The van der Waals surface area contributed by atoms with Crippen molar-refractivity contribution in [2.75, 3.05) is 33.8 Å². The van der Waals surface area contributed by atoms with Crippen molar-refractivity contribution in [1.29, 1.82) is 0 Å². The quantitative estimate of drug-likeness (QED) is 0.384. The number of piperidine rings is 1. The number of likely N-dealkylation sites (tertiary alicyclic amines) is 1. The Labute approximate surface area is 211 Å². The second kappa shape index (κ2) is 12.0. The van der Waals surface area contributed by atoms with Gasteiger partial charge in [0.2, 0.25) is 0 Å². The van der Waals surface area contributed by atoms with Gasteiger partial charge in [-0.05, 0) is 79.7 Å². The van der Waals surface area contributed by atoms with E-state index < -0.39 is 11.6 Å². The van der Waals surface area contributed by atoms with E-state index in [9.17, 15) is 13.6 Å². The Bertz CT molecular complexity index is 1150. The van der Waals surface area contributed by atoms with Gasteiger partial charge < -0.3 is 14.1 Å². The maximum absolute atomic E-state index is 14.5. The van der Waals surface area contributed by atoms with Crippen molar-refractivity contribution in [3.05, 3.63) is 95.5 Å². The monoisotopic (exact) mass is 494 g/mol. The van der Waals surface area contributed by atoms with Gasteiger partial charge in [-0.1, -0.05) is 30.4 Å². The molecule has 0 spiro atoms. The molecule has 36 heavy (non-hydrogen) atoms. The van der Waals surface area contributed by atoms with E-state index in [1.807, 2.05) is 24.3 Å². The summed E-state index contributed by atoms with van der Waals surface area (Å²) in [6.45, 7) is 2.59. The normalized spacial score (nSPS) is 15.8. The van der Waals surface area contributed by atoms with Crippen molar-refractivity contribution in [2.24, 2.45) is 5.92 Å². The molecule has 4 rings (SSSR count). The first-order chi connectivity index (χ1) is 17.4. The summed E-state index contributed by atoms with van der Waals surface area (Å²) >= 11 is 0. The van der Waals surface area contributed by atoms with Crippen LogP contribution in [0.1, 0.15) is 34.5 Å². The number of halogens is 2. The van der Waals surface area contributed by atoms with Gasteiger partial charge in [0.1, 0.15) is 17.4 Å². The summed E-state index contributed by atoms with van der Waals surface area (Å²) in [5, 5.41) is 0. The van der Waals surface area contributed by atoms with Gasteiger partial charge in [-0.25, -0.2) is 8.78 Å². The second-order valence-corrected chi connectivity index (χ2v) is 9.21. The average molecular weight is 495 g/mol. The lowest BCUT2D eigenvalue weighted by atomic mass is 9.84. The molecular formula is C29H32F2N2O3. The van der Waals surface area contributed by atoms with Crippen LogP contribution < -0.4 is 4.74 Å². The van der Waals surface area contributed by atoms with Crippen LogP contribution in [0.15, 0.2) is 71.4 Å². The molecule has 1 aliphatic rings. The van der Waals surface area contributed by atoms with Crippen LogP contribution in [-0.4, -0.2) is 55.5 Å². The standard InChI is InChI=1S/C29H32F2N2O3/c1-32(29(34)28-6-4-18-36-28)27(19-23-9-10-24(30)20-26(23)31)22-13-16-33(17-14-22)15-3-5-21-7-11-25(35-2)12-8-21/h3-12,18,20,22,27H,13-17,19H2,1-2H3/b5-3+/t27-/m1/s1. The molecule has 1 saturated heterocycles. The molecular weight excluding hydrogens is 462 g/mol. The van der Waals surface area contributed by atoms with Crippen LogP contribution in [0.5, 0.6) is 5.75 Å². The highest BCUT2D eigenvalue weighted by atomic mass is 19.1. The highest BCUT2D eigenvalue weighted by Gasteiger charge is 2.33. The number of amides is 1. The molecule has 190 valence electrons. The number of rotatable bonds is 9. The number of carbonyl (C=O) groups is 1. The minimum atomic E-state index is -0.608. The number of furan rings is 1. The predicted molar refractivity (Wildman–Crippen MR) is 136 cm³/mol. The van der Waals surface area contributed by atoms with Gasteiger partial charge in [-0.3, -0.25) is 9.69 Å². The largest absolute Gasteiger partial charge is 0.497 e. The molecule has 1 atom stereocenters. The summed E-state index contributed by atoms with van der Waals surface area (Å²) in [7, 11) is 3.39. The van der Waals surface area contributed by atoms with E-state index in [4.69, 9.17) is 9.15 Å². The molecule has 1 aliphatic heterocycles. The summed E-state index contributed by atoms with van der Waals surface area (Å²) in [6.07, 6.45) is 7.78. The SMILES string of the molecule is COc1ccc(/C=C/CN2CCC([C@@H](Cc3ccc(F)cc3F)N(C)C(=O)c3ccco3)CC2)cc1. The average Bonchev–Trinajstić information content (AvgIpc) is 3.44.